The number of nitrogens with one attached hydrogen (secondary N) is 1. The lowest BCUT2D eigenvalue weighted by atomic mass is 9.96. The van der Waals surface area contributed by atoms with E-state index in [1.54, 1.807) is 0 Å². The summed E-state index contributed by atoms with van der Waals surface area (Å²) < 4.78 is 5.82. The Kier molecular flexibility index (Phi) is 7.20. The van der Waals surface area contributed by atoms with Crippen LogP contribution in [0.3, 0.4) is 0 Å². The van der Waals surface area contributed by atoms with E-state index in [1.165, 1.54) is 19.3 Å². The maximum atomic E-state index is 5.82. The van der Waals surface area contributed by atoms with Crippen molar-refractivity contribution in [2.75, 3.05) is 27.2 Å². The molecule has 3 nitrogen and oxygen atoms in total. The summed E-state index contributed by atoms with van der Waals surface area (Å²) in [4.78, 5) is 2.28. The summed E-state index contributed by atoms with van der Waals surface area (Å²) in [6.07, 6.45) is 5.26. The molecule has 1 fully saturated rings. The smallest absolute Gasteiger partial charge is 0.0589 e. The van der Waals surface area contributed by atoms with E-state index in [0.29, 0.717) is 24.1 Å². The van der Waals surface area contributed by atoms with Crippen LogP contribution in [-0.4, -0.2) is 50.3 Å². The summed E-state index contributed by atoms with van der Waals surface area (Å²) in [5.74, 6) is 0.680. The zero-order valence-electron chi connectivity index (χ0n) is 12.9. The molecule has 0 aromatic carbocycles. The van der Waals surface area contributed by atoms with Gasteiger partial charge in [0, 0.05) is 25.2 Å². The second-order valence-corrected chi connectivity index (χ2v) is 6.28. The number of likely N-dealkylation sites (N-methyl/N-ethyl adjacent to an activating group) is 1. The average Bonchev–Trinajstić information content (AvgIpc) is 2.28. The molecule has 0 amide bonds. The molecule has 0 aromatic heterocycles. The summed E-state index contributed by atoms with van der Waals surface area (Å²) in [7, 11) is 4.31. The van der Waals surface area contributed by atoms with Gasteiger partial charge in [0.15, 0.2) is 0 Å². The molecule has 1 rings (SSSR count). The van der Waals surface area contributed by atoms with Gasteiger partial charge in [-0.25, -0.2) is 0 Å². The predicted octanol–water partition coefficient (Wildman–Crippen LogP) is 2.51. The van der Waals surface area contributed by atoms with Gasteiger partial charge in [0.1, 0.15) is 0 Å². The van der Waals surface area contributed by atoms with Crippen molar-refractivity contribution in [2.45, 2.75) is 64.6 Å². The Morgan fingerprint density at radius 3 is 2.61 bits per heavy atom. The predicted molar refractivity (Wildman–Crippen MR) is 78.0 cm³/mol. The molecule has 3 atom stereocenters. The van der Waals surface area contributed by atoms with Crippen LogP contribution in [0.15, 0.2) is 0 Å². The lowest BCUT2D eigenvalue weighted by Crippen LogP contribution is -2.49. The summed E-state index contributed by atoms with van der Waals surface area (Å²) in [6, 6.07) is 1.23. The highest BCUT2D eigenvalue weighted by atomic mass is 16.5. The SMILES string of the molecule is CCCC1CC(NC(CN(C)C)C(C)C)CCO1. The monoisotopic (exact) mass is 256 g/mol. The average molecular weight is 256 g/mol. The highest BCUT2D eigenvalue weighted by Gasteiger charge is 2.25. The second kappa shape index (κ2) is 8.13. The molecule has 1 heterocycles. The minimum Gasteiger partial charge on any atom is -0.378 e. The standard InChI is InChI=1S/C15H32N2O/c1-6-7-14-10-13(8-9-18-14)16-15(12(2)3)11-17(4)5/h12-16H,6-11H2,1-5H3. The molecule has 3 heteroatoms. The quantitative estimate of drug-likeness (QED) is 0.757. The third kappa shape index (κ3) is 5.68. The van der Waals surface area contributed by atoms with Gasteiger partial charge in [-0.15, -0.1) is 0 Å². The summed E-state index contributed by atoms with van der Waals surface area (Å²) >= 11 is 0. The molecule has 1 saturated heterocycles. The van der Waals surface area contributed by atoms with E-state index in [1.807, 2.05) is 0 Å². The Morgan fingerprint density at radius 2 is 2.06 bits per heavy atom. The minimum atomic E-state index is 0.480. The van der Waals surface area contributed by atoms with Gasteiger partial charge >= 0.3 is 0 Å². The van der Waals surface area contributed by atoms with Crippen molar-refractivity contribution in [1.82, 2.24) is 10.2 Å². The second-order valence-electron chi connectivity index (χ2n) is 6.28. The Morgan fingerprint density at radius 1 is 1.33 bits per heavy atom. The first kappa shape index (κ1) is 15.9. The van der Waals surface area contributed by atoms with Gasteiger partial charge in [0.25, 0.3) is 0 Å². The summed E-state index contributed by atoms with van der Waals surface area (Å²) in [6.45, 7) is 8.90. The Hall–Kier alpha value is -0.120. The highest BCUT2D eigenvalue weighted by molar-refractivity contribution is 4.82. The summed E-state index contributed by atoms with van der Waals surface area (Å²) in [5, 5.41) is 3.85. The number of nitrogens with zero attached hydrogens (tertiary/aromatic N) is 1. The fourth-order valence-electron chi connectivity index (χ4n) is 2.71. The fourth-order valence-corrected chi connectivity index (χ4v) is 2.71. The number of hydrogen-bond acceptors (Lipinski definition) is 3. The van der Waals surface area contributed by atoms with Crippen LogP contribution in [0.5, 0.6) is 0 Å². The van der Waals surface area contributed by atoms with Crippen LogP contribution in [0.2, 0.25) is 0 Å². The van der Waals surface area contributed by atoms with Crippen LogP contribution in [0.1, 0.15) is 46.5 Å². The number of rotatable bonds is 7. The molecule has 0 saturated carbocycles. The normalized spacial score (nSPS) is 26.8. The van der Waals surface area contributed by atoms with Gasteiger partial charge in [-0.2, -0.15) is 0 Å². The zero-order chi connectivity index (χ0) is 13.5. The molecule has 0 spiro atoms. The number of hydrogen-bond donors (Lipinski definition) is 1. The first-order valence-electron chi connectivity index (χ1n) is 7.55. The molecule has 18 heavy (non-hydrogen) atoms. The van der Waals surface area contributed by atoms with E-state index in [9.17, 15) is 0 Å². The fraction of sp³-hybridized carbons (Fsp3) is 1.00. The number of ether oxygens (including phenoxy) is 1. The largest absolute Gasteiger partial charge is 0.378 e. The molecule has 3 unspecified atom stereocenters. The topological polar surface area (TPSA) is 24.5 Å². The lowest BCUT2D eigenvalue weighted by Gasteiger charge is -2.35. The van der Waals surface area contributed by atoms with Gasteiger partial charge in [0.2, 0.25) is 0 Å². The minimum absolute atomic E-state index is 0.480. The van der Waals surface area contributed by atoms with Crippen molar-refractivity contribution < 1.29 is 4.74 Å². The first-order chi connectivity index (χ1) is 8.52. The first-order valence-corrected chi connectivity index (χ1v) is 7.55. The maximum Gasteiger partial charge on any atom is 0.0589 e. The summed E-state index contributed by atoms with van der Waals surface area (Å²) in [5.41, 5.74) is 0. The maximum absolute atomic E-state index is 5.82. The van der Waals surface area contributed by atoms with Crippen molar-refractivity contribution in [3.8, 4) is 0 Å². The van der Waals surface area contributed by atoms with Crippen molar-refractivity contribution in [3.05, 3.63) is 0 Å². The lowest BCUT2D eigenvalue weighted by molar-refractivity contribution is -0.00655. The third-order valence-corrected chi connectivity index (χ3v) is 3.79. The third-order valence-electron chi connectivity index (χ3n) is 3.79. The molecule has 1 aliphatic rings. The Balaban J connectivity index is 2.42. The molecule has 0 bridgehead atoms. The van der Waals surface area contributed by atoms with Crippen LogP contribution in [-0.2, 0) is 4.74 Å². The van der Waals surface area contributed by atoms with E-state index in [-0.39, 0.29) is 0 Å². The van der Waals surface area contributed by atoms with Gasteiger partial charge in [0.05, 0.1) is 6.10 Å². The molecular formula is C15H32N2O. The van der Waals surface area contributed by atoms with Crippen molar-refractivity contribution >= 4 is 0 Å². The van der Waals surface area contributed by atoms with Crippen molar-refractivity contribution in [2.24, 2.45) is 5.92 Å². The van der Waals surface area contributed by atoms with E-state index in [2.05, 4.69) is 45.1 Å². The molecule has 0 aliphatic carbocycles. The van der Waals surface area contributed by atoms with Gasteiger partial charge < -0.3 is 15.0 Å². The molecular weight excluding hydrogens is 224 g/mol. The van der Waals surface area contributed by atoms with E-state index in [4.69, 9.17) is 4.74 Å². The molecule has 1 N–H and O–H groups in total. The Bertz CT molecular complexity index is 217. The van der Waals surface area contributed by atoms with E-state index in [0.717, 1.165) is 19.6 Å². The molecule has 0 radical (unpaired) electrons. The van der Waals surface area contributed by atoms with E-state index < -0.39 is 0 Å². The molecule has 1 aliphatic heterocycles. The van der Waals surface area contributed by atoms with Gasteiger partial charge in [-0.1, -0.05) is 27.2 Å². The van der Waals surface area contributed by atoms with Crippen LogP contribution >= 0.6 is 0 Å². The molecule has 0 aromatic rings. The van der Waals surface area contributed by atoms with Gasteiger partial charge in [-0.3, -0.25) is 0 Å². The Labute approximate surface area is 113 Å². The van der Waals surface area contributed by atoms with Crippen LogP contribution in [0, 0.1) is 5.92 Å². The van der Waals surface area contributed by atoms with Crippen molar-refractivity contribution in [3.63, 3.8) is 0 Å². The molecule has 108 valence electrons. The highest BCUT2D eigenvalue weighted by Crippen LogP contribution is 2.19. The van der Waals surface area contributed by atoms with Crippen LogP contribution < -0.4 is 5.32 Å². The van der Waals surface area contributed by atoms with Crippen molar-refractivity contribution in [1.29, 1.82) is 0 Å². The zero-order valence-corrected chi connectivity index (χ0v) is 12.9. The van der Waals surface area contributed by atoms with Gasteiger partial charge in [-0.05, 0) is 39.3 Å². The van der Waals surface area contributed by atoms with E-state index >= 15 is 0 Å². The van der Waals surface area contributed by atoms with Crippen LogP contribution in [0.4, 0.5) is 0 Å². The van der Waals surface area contributed by atoms with Crippen LogP contribution in [0.25, 0.3) is 0 Å².